The van der Waals surface area contributed by atoms with Gasteiger partial charge in [0.05, 0.1) is 0 Å². The molecule has 17 heavy (non-hydrogen) atoms. The molecule has 0 amide bonds. The highest BCUT2D eigenvalue weighted by Gasteiger charge is 2.40. The monoisotopic (exact) mass is 237 g/mol. The Labute approximate surface area is 106 Å². The molecule has 3 aliphatic heterocycles. The van der Waals surface area contributed by atoms with Crippen LogP contribution in [0.4, 0.5) is 0 Å². The van der Waals surface area contributed by atoms with Crippen LogP contribution in [0.25, 0.3) is 0 Å². The van der Waals surface area contributed by atoms with Gasteiger partial charge in [-0.1, -0.05) is 0 Å². The molecule has 0 radical (unpaired) electrons. The number of fused-ring (bicyclic) bond motifs is 2. The van der Waals surface area contributed by atoms with Gasteiger partial charge in [0.15, 0.2) is 0 Å². The number of hydrogen-bond donors (Lipinski definition) is 1. The summed E-state index contributed by atoms with van der Waals surface area (Å²) in [7, 11) is 4.70. The summed E-state index contributed by atoms with van der Waals surface area (Å²) >= 11 is 0. The molecule has 3 atom stereocenters. The van der Waals surface area contributed by atoms with Crippen molar-refractivity contribution < 1.29 is 0 Å². The number of rotatable bonds is 2. The van der Waals surface area contributed by atoms with Crippen LogP contribution in [0, 0.1) is 0 Å². The standard InChI is InChI=1S/C14H27N3/c1-16-11-5-6-12(16)9-14(8-11)17(2)13-4-3-7-15-10-13/h11-15H,3-10H2,1-2H3. The smallest absolute Gasteiger partial charge is 0.0221 e. The molecule has 3 heteroatoms. The van der Waals surface area contributed by atoms with Crippen molar-refractivity contribution in [3.8, 4) is 0 Å². The molecule has 0 aromatic heterocycles. The van der Waals surface area contributed by atoms with E-state index in [1.807, 2.05) is 0 Å². The zero-order chi connectivity index (χ0) is 11.8. The Balaban J connectivity index is 1.61. The third-order valence-corrected chi connectivity index (χ3v) is 5.50. The normalized spacial score (nSPS) is 43.2. The largest absolute Gasteiger partial charge is 0.315 e. The van der Waals surface area contributed by atoms with Gasteiger partial charge in [-0.05, 0) is 59.2 Å². The second-order valence-corrected chi connectivity index (χ2v) is 6.34. The Bertz CT molecular complexity index is 248. The van der Waals surface area contributed by atoms with E-state index in [4.69, 9.17) is 0 Å². The lowest BCUT2D eigenvalue weighted by Gasteiger charge is -2.44. The van der Waals surface area contributed by atoms with Crippen LogP contribution in [0.1, 0.15) is 38.5 Å². The molecule has 0 saturated carbocycles. The Kier molecular flexibility index (Phi) is 3.42. The summed E-state index contributed by atoms with van der Waals surface area (Å²) in [6, 6.07) is 3.38. The SMILES string of the molecule is CN1C2CCC1CC(N(C)C1CCCNC1)C2. The van der Waals surface area contributed by atoms with E-state index in [9.17, 15) is 0 Å². The number of likely N-dealkylation sites (N-methyl/N-ethyl adjacent to an activating group) is 1. The Morgan fingerprint density at radius 2 is 1.76 bits per heavy atom. The first kappa shape index (κ1) is 11.9. The van der Waals surface area contributed by atoms with Crippen molar-refractivity contribution >= 4 is 0 Å². The molecule has 1 N–H and O–H groups in total. The van der Waals surface area contributed by atoms with Gasteiger partial charge in [0.25, 0.3) is 0 Å². The minimum absolute atomic E-state index is 0.788. The van der Waals surface area contributed by atoms with E-state index in [2.05, 4.69) is 29.2 Å². The van der Waals surface area contributed by atoms with Gasteiger partial charge in [-0.2, -0.15) is 0 Å². The summed E-state index contributed by atoms with van der Waals surface area (Å²) in [5, 5.41) is 3.55. The van der Waals surface area contributed by atoms with Gasteiger partial charge in [0.1, 0.15) is 0 Å². The van der Waals surface area contributed by atoms with Crippen molar-refractivity contribution in [3.05, 3.63) is 0 Å². The molecule has 3 rings (SSSR count). The molecular weight excluding hydrogens is 210 g/mol. The first-order valence-corrected chi connectivity index (χ1v) is 7.40. The van der Waals surface area contributed by atoms with Crippen molar-refractivity contribution in [1.82, 2.24) is 15.1 Å². The lowest BCUT2D eigenvalue weighted by Crippen LogP contribution is -2.53. The lowest BCUT2D eigenvalue weighted by molar-refractivity contribution is 0.0587. The third kappa shape index (κ3) is 2.25. The van der Waals surface area contributed by atoms with Crippen molar-refractivity contribution in [3.63, 3.8) is 0 Å². The molecular formula is C14H27N3. The van der Waals surface area contributed by atoms with Gasteiger partial charge in [-0.25, -0.2) is 0 Å². The van der Waals surface area contributed by atoms with E-state index in [-0.39, 0.29) is 0 Å². The molecule has 0 aromatic carbocycles. The maximum Gasteiger partial charge on any atom is 0.0221 e. The van der Waals surface area contributed by atoms with E-state index in [0.29, 0.717) is 0 Å². The highest BCUT2D eigenvalue weighted by Crippen LogP contribution is 2.36. The predicted molar refractivity (Wildman–Crippen MR) is 71.2 cm³/mol. The van der Waals surface area contributed by atoms with E-state index in [1.165, 1.54) is 51.6 Å². The molecule has 3 heterocycles. The molecule has 3 fully saturated rings. The second kappa shape index (κ2) is 4.87. The van der Waals surface area contributed by atoms with Gasteiger partial charge >= 0.3 is 0 Å². The summed E-state index contributed by atoms with van der Waals surface area (Å²) in [4.78, 5) is 5.34. The van der Waals surface area contributed by atoms with Crippen LogP contribution >= 0.6 is 0 Å². The quantitative estimate of drug-likeness (QED) is 0.781. The summed E-state index contributed by atoms with van der Waals surface area (Å²) < 4.78 is 0. The number of piperidine rings is 2. The molecule has 0 aliphatic carbocycles. The summed E-state index contributed by atoms with van der Waals surface area (Å²) in [5.74, 6) is 0. The summed E-state index contributed by atoms with van der Waals surface area (Å²) in [5.41, 5.74) is 0. The molecule has 2 bridgehead atoms. The molecule has 0 spiro atoms. The van der Waals surface area contributed by atoms with Crippen LogP contribution < -0.4 is 5.32 Å². The van der Waals surface area contributed by atoms with E-state index in [0.717, 1.165) is 24.2 Å². The van der Waals surface area contributed by atoms with Crippen LogP contribution in [0.2, 0.25) is 0 Å². The number of nitrogens with one attached hydrogen (secondary N) is 1. The fraction of sp³-hybridized carbons (Fsp3) is 1.00. The lowest BCUT2D eigenvalue weighted by atomic mass is 9.94. The third-order valence-electron chi connectivity index (χ3n) is 5.50. The Hall–Kier alpha value is -0.120. The van der Waals surface area contributed by atoms with Crippen LogP contribution in [0.5, 0.6) is 0 Å². The van der Waals surface area contributed by atoms with Gasteiger partial charge < -0.3 is 10.2 Å². The van der Waals surface area contributed by atoms with Crippen LogP contribution in [-0.2, 0) is 0 Å². The van der Waals surface area contributed by atoms with Gasteiger partial charge in [-0.3, -0.25) is 4.90 Å². The highest BCUT2D eigenvalue weighted by atomic mass is 15.2. The van der Waals surface area contributed by atoms with Gasteiger partial charge in [0, 0.05) is 30.7 Å². The van der Waals surface area contributed by atoms with Gasteiger partial charge in [-0.15, -0.1) is 0 Å². The minimum atomic E-state index is 0.788. The number of hydrogen-bond acceptors (Lipinski definition) is 3. The first-order chi connectivity index (χ1) is 8.25. The Morgan fingerprint density at radius 1 is 1.06 bits per heavy atom. The fourth-order valence-electron chi connectivity index (χ4n) is 4.19. The number of nitrogens with zero attached hydrogens (tertiary/aromatic N) is 2. The van der Waals surface area contributed by atoms with E-state index < -0.39 is 0 Å². The van der Waals surface area contributed by atoms with E-state index >= 15 is 0 Å². The van der Waals surface area contributed by atoms with Crippen molar-refractivity contribution in [2.75, 3.05) is 27.2 Å². The molecule has 3 aliphatic rings. The van der Waals surface area contributed by atoms with Crippen molar-refractivity contribution in [2.24, 2.45) is 0 Å². The van der Waals surface area contributed by atoms with Crippen molar-refractivity contribution in [1.29, 1.82) is 0 Å². The molecule has 98 valence electrons. The topological polar surface area (TPSA) is 18.5 Å². The maximum atomic E-state index is 3.55. The minimum Gasteiger partial charge on any atom is -0.315 e. The highest BCUT2D eigenvalue weighted by molar-refractivity contribution is 4.97. The van der Waals surface area contributed by atoms with Gasteiger partial charge in [0.2, 0.25) is 0 Å². The molecule has 3 saturated heterocycles. The Morgan fingerprint density at radius 3 is 2.35 bits per heavy atom. The van der Waals surface area contributed by atoms with Crippen LogP contribution in [0.3, 0.4) is 0 Å². The van der Waals surface area contributed by atoms with Crippen LogP contribution in [-0.4, -0.2) is 61.2 Å². The maximum absolute atomic E-state index is 3.55. The average Bonchev–Trinajstić information content (AvgIpc) is 2.61. The predicted octanol–water partition coefficient (Wildman–Crippen LogP) is 1.30. The molecule has 3 nitrogen and oxygen atoms in total. The average molecular weight is 237 g/mol. The summed E-state index contributed by atoms with van der Waals surface area (Å²) in [6.07, 6.45) is 8.43. The van der Waals surface area contributed by atoms with Crippen molar-refractivity contribution in [2.45, 2.75) is 62.7 Å². The second-order valence-electron chi connectivity index (χ2n) is 6.34. The first-order valence-electron chi connectivity index (χ1n) is 7.40. The fourth-order valence-corrected chi connectivity index (χ4v) is 4.19. The van der Waals surface area contributed by atoms with E-state index in [1.54, 1.807) is 0 Å². The molecule has 0 aromatic rings. The molecule has 3 unspecified atom stereocenters. The van der Waals surface area contributed by atoms with Crippen LogP contribution in [0.15, 0.2) is 0 Å². The zero-order valence-corrected chi connectivity index (χ0v) is 11.4. The zero-order valence-electron chi connectivity index (χ0n) is 11.4. The summed E-state index contributed by atoms with van der Waals surface area (Å²) in [6.45, 7) is 2.43.